The first-order valence-electron chi connectivity index (χ1n) is 6.02. The van der Waals surface area contributed by atoms with E-state index in [9.17, 15) is 8.78 Å². The van der Waals surface area contributed by atoms with Gasteiger partial charge >= 0.3 is 0 Å². The predicted molar refractivity (Wildman–Crippen MR) is 65.0 cm³/mol. The van der Waals surface area contributed by atoms with Crippen molar-refractivity contribution in [1.82, 2.24) is 5.32 Å². The van der Waals surface area contributed by atoms with Gasteiger partial charge in [-0.15, -0.1) is 0 Å². The van der Waals surface area contributed by atoms with E-state index in [2.05, 4.69) is 26.1 Å². The quantitative estimate of drug-likeness (QED) is 0.852. The van der Waals surface area contributed by atoms with Crippen LogP contribution in [0.3, 0.4) is 0 Å². The maximum Gasteiger partial charge on any atom is 0.126 e. The van der Waals surface area contributed by atoms with Gasteiger partial charge in [-0.1, -0.05) is 0 Å². The van der Waals surface area contributed by atoms with E-state index in [4.69, 9.17) is 0 Å². The van der Waals surface area contributed by atoms with Gasteiger partial charge in [-0.3, -0.25) is 0 Å². The fourth-order valence-electron chi connectivity index (χ4n) is 2.01. The summed E-state index contributed by atoms with van der Waals surface area (Å²) in [6.45, 7) is 7.05. The molecule has 0 bridgehead atoms. The molecule has 0 saturated heterocycles. The molecule has 0 radical (unpaired) electrons. The van der Waals surface area contributed by atoms with Gasteiger partial charge in [0.2, 0.25) is 0 Å². The Kier molecular flexibility index (Phi) is 2.98. The highest BCUT2D eigenvalue weighted by atomic mass is 19.1. The van der Waals surface area contributed by atoms with E-state index in [1.54, 1.807) is 0 Å². The van der Waals surface area contributed by atoms with Crippen LogP contribution in [0.25, 0.3) is 0 Å². The molecule has 0 aromatic heterocycles. The number of hydrogen-bond acceptors (Lipinski definition) is 1. The molecule has 1 N–H and O–H groups in total. The summed E-state index contributed by atoms with van der Waals surface area (Å²) in [5.41, 5.74) is 0.754. The van der Waals surface area contributed by atoms with Crippen molar-refractivity contribution in [2.45, 2.75) is 44.6 Å². The summed E-state index contributed by atoms with van der Waals surface area (Å²) in [5.74, 6) is -0.968. The Morgan fingerprint density at radius 1 is 1.12 bits per heavy atom. The molecule has 17 heavy (non-hydrogen) atoms. The maximum absolute atomic E-state index is 13.2. The summed E-state index contributed by atoms with van der Waals surface area (Å²) in [6, 6.07) is 3.84. The molecule has 1 saturated carbocycles. The van der Waals surface area contributed by atoms with Crippen LogP contribution in [0, 0.1) is 11.6 Å². The molecule has 1 aromatic carbocycles. The number of rotatable bonds is 3. The van der Waals surface area contributed by atoms with Gasteiger partial charge in [-0.25, -0.2) is 8.78 Å². The summed E-state index contributed by atoms with van der Waals surface area (Å²) in [7, 11) is 0. The predicted octanol–water partition coefficient (Wildman–Crippen LogP) is 3.38. The van der Waals surface area contributed by atoms with Crippen molar-refractivity contribution in [3.63, 3.8) is 0 Å². The first kappa shape index (κ1) is 12.5. The number of benzene rings is 1. The molecule has 1 fully saturated rings. The zero-order chi connectivity index (χ0) is 12.7. The lowest BCUT2D eigenvalue weighted by molar-refractivity contribution is 0.398. The van der Waals surface area contributed by atoms with Crippen LogP contribution in [0.15, 0.2) is 18.2 Å². The summed E-state index contributed by atoms with van der Waals surface area (Å²) in [5, 5.41) is 3.42. The van der Waals surface area contributed by atoms with E-state index in [1.165, 1.54) is 12.1 Å². The van der Waals surface area contributed by atoms with Crippen LogP contribution in [0.4, 0.5) is 8.78 Å². The molecule has 3 heteroatoms. The van der Waals surface area contributed by atoms with Crippen LogP contribution in [0.1, 0.15) is 39.2 Å². The highest BCUT2D eigenvalue weighted by Crippen LogP contribution is 2.48. The lowest BCUT2D eigenvalue weighted by Crippen LogP contribution is -2.41. The molecule has 0 heterocycles. The van der Waals surface area contributed by atoms with E-state index >= 15 is 0 Å². The zero-order valence-corrected chi connectivity index (χ0v) is 10.6. The average Bonchev–Trinajstić information content (AvgIpc) is 2.92. The molecule has 2 rings (SSSR count). The van der Waals surface area contributed by atoms with E-state index < -0.39 is 11.6 Å². The van der Waals surface area contributed by atoms with Crippen molar-refractivity contribution in [3.8, 4) is 0 Å². The number of nitrogens with one attached hydrogen (secondary N) is 1. The summed E-state index contributed by atoms with van der Waals surface area (Å²) < 4.78 is 26.4. The smallest absolute Gasteiger partial charge is 0.126 e. The van der Waals surface area contributed by atoms with Crippen LogP contribution in [0.2, 0.25) is 0 Å². The second-order valence-corrected chi connectivity index (χ2v) is 6.04. The fourth-order valence-corrected chi connectivity index (χ4v) is 2.01. The van der Waals surface area contributed by atoms with Crippen molar-refractivity contribution < 1.29 is 8.78 Å². The summed E-state index contributed by atoms with van der Waals surface area (Å²) in [6.07, 6.45) is 2.00. The third-order valence-corrected chi connectivity index (χ3v) is 3.29. The van der Waals surface area contributed by atoms with Gasteiger partial charge in [0.15, 0.2) is 0 Å². The van der Waals surface area contributed by atoms with Gasteiger partial charge < -0.3 is 5.32 Å². The molecule has 0 atom stereocenters. The van der Waals surface area contributed by atoms with E-state index in [-0.39, 0.29) is 11.0 Å². The zero-order valence-electron chi connectivity index (χ0n) is 10.6. The fraction of sp³-hybridized carbons (Fsp3) is 0.571. The lowest BCUT2D eigenvalue weighted by atomic mass is 9.94. The van der Waals surface area contributed by atoms with Crippen molar-refractivity contribution in [3.05, 3.63) is 35.4 Å². The van der Waals surface area contributed by atoms with Gasteiger partial charge in [-0.05, 0) is 51.3 Å². The van der Waals surface area contributed by atoms with Crippen LogP contribution >= 0.6 is 0 Å². The van der Waals surface area contributed by atoms with Gasteiger partial charge in [0.05, 0.1) is 0 Å². The van der Waals surface area contributed by atoms with Gasteiger partial charge in [-0.2, -0.15) is 0 Å². The summed E-state index contributed by atoms with van der Waals surface area (Å²) >= 11 is 0. The SMILES string of the molecule is CC(C)(C)NCC1(c2cc(F)cc(F)c2)CC1. The lowest BCUT2D eigenvalue weighted by Gasteiger charge is -2.25. The first-order chi connectivity index (χ1) is 7.81. The van der Waals surface area contributed by atoms with Crippen molar-refractivity contribution >= 4 is 0 Å². The Balaban J connectivity index is 2.15. The maximum atomic E-state index is 13.2. The number of hydrogen-bond donors (Lipinski definition) is 1. The minimum Gasteiger partial charge on any atom is -0.311 e. The minimum atomic E-state index is -0.484. The van der Waals surface area contributed by atoms with Crippen molar-refractivity contribution in [2.75, 3.05) is 6.54 Å². The monoisotopic (exact) mass is 239 g/mol. The first-order valence-corrected chi connectivity index (χ1v) is 6.02. The Morgan fingerprint density at radius 3 is 2.06 bits per heavy atom. The van der Waals surface area contributed by atoms with E-state index in [0.29, 0.717) is 0 Å². The van der Waals surface area contributed by atoms with Crippen LogP contribution in [0.5, 0.6) is 0 Å². The molecule has 0 aliphatic heterocycles. The molecule has 1 nitrogen and oxygen atoms in total. The van der Waals surface area contributed by atoms with Crippen LogP contribution in [-0.4, -0.2) is 12.1 Å². The van der Waals surface area contributed by atoms with Gasteiger partial charge in [0, 0.05) is 23.6 Å². The molecule has 94 valence electrons. The topological polar surface area (TPSA) is 12.0 Å². The number of halogens is 2. The Hall–Kier alpha value is -0.960. The standard InChI is InChI=1S/C14H19F2N/c1-13(2,3)17-9-14(4-5-14)10-6-11(15)8-12(16)7-10/h6-8,17H,4-5,9H2,1-3H3. The van der Waals surface area contributed by atoms with Crippen molar-refractivity contribution in [1.29, 1.82) is 0 Å². The normalized spacial score (nSPS) is 18.2. The van der Waals surface area contributed by atoms with Gasteiger partial charge in [0.1, 0.15) is 11.6 Å². The molecule has 0 unspecified atom stereocenters. The average molecular weight is 239 g/mol. The molecule has 0 amide bonds. The highest BCUT2D eigenvalue weighted by molar-refractivity contribution is 5.33. The Bertz CT molecular complexity index is 396. The molecular weight excluding hydrogens is 220 g/mol. The third kappa shape index (κ3) is 3.03. The molecular formula is C14H19F2N. The highest BCUT2D eigenvalue weighted by Gasteiger charge is 2.44. The van der Waals surface area contributed by atoms with E-state index in [1.807, 2.05) is 0 Å². The molecule has 1 aliphatic carbocycles. The van der Waals surface area contributed by atoms with Crippen LogP contribution < -0.4 is 5.32 Å². The Morgan fingerprint density at radius 2 is 1.65 bits per heavy atom. The molecule has 0 spiro atoms. The van der Waals surface area contributed by atoms with E-state index in [0.717, 1.165) is 31.0 Å². The minimum absolute atomic E-state index is 0.0292. The third-order valence-electron chi connectivity index (χ3n) is 3.29. The van der Waals surface area contributed by atoms with Crippen LogP contribution in [-0.2, 0) is 5.41 Å². The molecule has 1 aromatic rings. The Labute approximate surface area is 101 Å². The second kappa shape index (κ2) is 4.05. The largest absolute Gasteiger partial charge is 0.311 e. The second-order valence-electron chi connectivity index (χ2n) is 6.04. The molecule has 1 aliphatic rings. The summed E-state index contributed by atoms with van der Waals surface area (Å²) in [4.78, 5) is 0. The van der Waals surface area contributed by atoms with Crippen molar-refractivity contribution in [2.24, 2.45) is 0 Å². The van der Waals surface area contributed by atoms with Gasteiger partial charge in [0.25, 0.3) is 0 Å².